The Hall–Kier alpha value is -3.76. The molecule has 94 heavy (non-hydrogen) atoms. The van der Waals surface area contributed by atoms with Crippen LogP contribution in [0.15, 0.2) is 85.1 Å². The molecular formula is C75H132O17P2. The molecule has 5 atom stereocenters. The summed E-state index contributed by atoms with van der Waals surface area (Å²) < 4.78 is 68.3. The van der Waals surface area contributed by atoms with E-state index in [2.05, 4.69) is 113 Å². The van der Waals surface area contributed by atoms with Crippen molar-refractivity contribution in [3.8, 4) is 0 Å². The summed E-state index contributed by atoms with van der Waals surface area (Å²) in [7, 11) is -9.94. The third-order valence-corrected chi connectivity index (χ3v) is 17.2. The molecule has 0 aromatic rings. The van der Waals surface area contributed by atoms with Crippen LogP contribution in [0.25, 0.3) is 0 Å². The van der Waals surface area contributed by atoms with Gasteiger partial charge in [0.1, 0.15) is 19.3 Å². The topological polar surface area (TPSA) is 237 Å². The molecular weight excluding hydrogens is 1230 g/mol. The normalized spacial score (nSPS) is 14.5. The number of aliphatic hydroxyl groups excluding tert-OH is 1. The lowest BCUT2D eigenvalue weighted by Gasteiger charge is -2.21. The average molecular weight is 1370 g/mol. The van der Waals surface area contributed by atoms with E-state index < -0.39 is 97.5 Å². The van der Waals surface area contributed by atoms with Crippen molar-refractivity contribution >= 4 is 39.5 Å². The van der Waals surface area contributed by atoms with Crippen molar-refractivity contribution in [3.05, 3.63) is 85.1 Å². The summed E-state index contributed by atoms with van der Waals surface area (Å²) in [5.74, 6) is -2.21. The molecule has 0 saturated carbocycles. The predicted molar refractivity (Wildman–Crippen MR) is 381 cm³/mol. The Morgan fingerprint density at radius 2 is 0.585 bits per heavy atom. The number of unbranched alkanes of at least 4 members (excludes halogenated alkanes) is 29. The second-order valence-electron chi connectivity index (χ2n) is 24.5. The van der Waals surface area contributed by atoms with E-state index in [1.807, 2.05) is 0 Å². The van der Waals surface area contributed by atoms with Crippen LogP contribution in [0, 0.1) is 0 Å². The van der Waals surface area contributed by atoms with Gasteiger partial charge in [-0.2, -0.15) is 0 Å². The monoisotopic (exact) mass is 1370 g/mol. The summed E-state index contributed by atoms with van der Waals surface area (Å²) in [5.41, 5.74) is 0. The van der Waals surface area contributed by atoms with Crippen LogP contribution in [0.4, 0.5) is 0 Å². The summed E-state index contributed by atoms with van der Waals surface area (Å²) in [6, 6.07) is 0. The highest BCUT2D eigenvalue weighted by Crippen LogP contribution is 2.45. The SMILES string of the molecule is CC/C=C\C/C=C\C/C=C\CCCCCCCCCC(=O)OCC(COP(=O)(O)OCC(O)COP(=O)(O)OCC(COC(=O)CCCCCCC/C=C\C/C=C\CCC)OC(=O)CCCCCCC/C=C\CCCC)OC(=O)CCCCCCC/C=C\CCCCCC. The van der Waals surface area contributed by atoms with Gasteiger partial charge < -0.3 is 33.8 Å². The standard InChI is InChI=1S/C75H132O17P2/c1-5-9-13-17-21-25-29-32-33-34-35-38-41-44-48-52-56-60-73(78)86-66-71(92-75(80)62-58-54-50-46-42-37-31-27-23-19-15-11-7-3)68-90-94(83,84)88-64-69(76)63-87-93(81,82)89-67-70(91-74(79)61-57-53-49-45-39-28-24-20-16-12-8-4)65-85-72(77)59-55-51-47-43-40-36-30-26-22-18-14-10-6-2/h9,13-14,18,20-21,24-27,30-33,69-71,76H,5-8,10-12,15-17,19,22-23,28-29,34-68H2,1-4H3,(H,81,82)(H,83,84)/b13-9-,18-14-,24-20-,25-21-,30-26-,31-27-,33-32-. The summed E-state index contributed by atoms with van der Waals surface area (Å²) >= 11 is 0. The lowest BCUT2D eigenvalue weighted by Crippen LogP contribution is -2.30. The maximum absolute atomic E-state index is 13.0. The largest absolute Gasteiger partial charge is 0.472 e. The first-order chi connectivity index (χ1) is 45.7. The van der Waals surface area contributed by atoms with Crippen LogP contribution in [0.5, 0.6) is 0 Å². The van der Waals surface area contributed by atoms with E-state index in [4.69, 9.17) is 37.0 Å². The third kappa shape index (κ3) is 66.8. The second-order valence-corrected chi connectivity index (χ2v) is 27.4. The van der Waals surface area contributed by atoms with Crippen molar-refractivity contribution in [2.45, 2.75) is 329 Å². The number of allylic oxidation sites excluding steroid dienone is 14. The van der Waals surface area contributed by atoms with Crippen molar-refractivity contribution in [1.82, 2.24) is 0 Å². The Bertz CT molecular complexity index is 2120. The molecule has 0 fully saturated rings. The molecule has 0 aliphatic rings. The molecule has 0 spiro atoms. The maximum atomic E-state index is 13.0. The molecule has 0 radical (unpaired) electrons. The van der Waals surface area contributed by atoms with Crippen molar-refractivity contribution in [1.29, 1.82) is 0 Å². The number of phosphoric ester groups is 2. The fourth-order valence-corrected chi connectivity index (χ4v) is 11.2. The van der Waals surface area contributed by atoms with Gasteiger partial charge in [-0.3, -0.25) is 37.3 Å². The van der Waals surface area contributed by atoms with Crippen LogP contribution in [0.3, 0.4) is 0 Å². The molecule has 0 aromatic heterocycles. The molecule has 19 heteroatoms. The van der Waals surface area contributed by atoms with Gasteiger partial charge in [0.25, 0.3) is 0 Å². The Morgan fingerprint density at radius 3 is 0.936 bits per heavy atom. The van der Waals surface area contributed by atoms with Crippen LogP contribution in [0.1, 0.15) is 310 Å². The lowest BCUT2D eigenvalue weighted by molar-refractivity contribution is -0.161. The minimum absolute atomic E-state index is 0.0825. The average Bonchev–Trinajstić information content (AvgIpc) is 2.15. The Labute approximate surface area is 570 Å². The summed E-state index contributed by atoms with van der Waals surface area (Å²) in [5, 5.41) is 10.6. The second kappa shape index (κ2) is 67.8. The number of aliphatic hydroxyl groups is 1. The highest BCUT2D eigenvalue weighted by atomic mass is 31.2. The summed E-state index contributed by atoms with van der Waals surface area (Å²) in [4.78, 5) is 72.6. The predicted octanol–water partition coefficient (Wildman–Crippen LogP) is 20.7. The quantitative estimate of drug-likeness (QED) is 0.0169. The van der Waals surface area contributed by atoms with E-state index in [0.29, 0.717) is 25.7 Å². The van der Waals surface area contributed by atoms with Gasteiger partial charge in [0.15, 0.2) is 12.2 Å². The third-order valence-electron chi connectivity index (χ3n) is 15.3. The number of carbonyl (C=O) groups excluding carboxylic acids is 4. The van der Waals surface area contributed by atoms with Gasteiger partial charge in [-0.1, -0.05) is 241 Å². The molecule has 0 aliphatic carbocycles. The molecule has 3 N–H and O–H groups in total. The molecule has 17 nitrogen and oxygen atoms in total. The molecule has 0 aromatic carbocycles. The zero-order valence-corrected chi connectivity index (χ0v) is 60.9. The first-order valence-corrected chi connectivity index (χ1v) is 39.8. The number of phosphoric acid groups is 2. The molecule has 544 valence electrons. The summed E-state index contributed by atoms with van der Waals surface area (Å²) in [6.45, 7) is 4.61. The molecule has 0 amide bonds. The molecule has 5 unspecified atom stereocenters. The first kappa shape index (κ1) is 90.2. The molecule has 0 aliphatic heterocycles. The van der Waals surface area contributed by atoms with E-state index in [1.165, 1.54) is 38.5 Å². The minimum atomic E-state index is -4.97. The number of ether oxygens (including phenoxy) is 4. The van der Waals surface area contributed by atoms with Gasteiger partial charge in [-0.25, -0.2) is 9.13 Å². The highest BCUT2D eigenvalue weighted by molar-refractivity contribution is 7.47. The fourth-order valence-electron chi connectivity index (χ4n) is 9.66. The van der Waals surface area contributed by atoms with Gasteiger partial charge in [0, 0.05) is 25.7 Å². The minimum Gasteiger partial charge on any atom is -0.462 e. The van der Waals surface area contributed by atoms with E-state index in [-0.39, 0.29) is 25.7 Å². The van der Waals surface area contributed by atoms with Crippen molar-refractivity contribution in [2.24, 2.45) is 0 Å². The molecule has 0 bridgehead atoms. The Balaban J connectivity index is 5.32. The van der Waals surface area contributed by atoms with Crippen LogP contribution in [0.2, 0.25) is 0 Å². The first-order valence-electron chi connectivity index (χ1n) is 36.8. The lowest BCUT2D eigenvalue weighted by atomic mass is 10.1. The summed E-state index contributed by atoms with van der Waals surface area (Å²) in [6.07, 6.45) is 67.3. The van der Waals surface area contributed by atoms with Crippen molar-refractivity contribution in [3.63, 3.8) is 0 Å². The van der Waals surface area contributed by atoms with E-state index in [9.17, 15) is 43.2 Å². The number of hydrogen-bond acceptors (Lipinski definition) is 15. The van der Waals surface area contributed by atoms with E-state index in [1.54, 1.807) is 0 Å². The molecule has 0 heterocycles. The van der Waals surface area contributed by atoms with E-state index >= 15 is 0 Å². The molecule has 0 rings (SSSR count). The number of carbonyl (C=O) groups is 4. The van der Waals surface area contributed by atoms with Gasteiger partial charge >= 0.3 is 39.5 Å². The number of esters is 4. The van der Waals surface area contributed by atoms with Gasteiger partial charge in [0.05, 0.1) is 26.4 Å². The van der Waals surface area contributed by atoms with Crippen LogP contribution >= 0.6 is 15.6 Å². The molecule has 0 saturated heterocycles. The fraction of sp³-hybridized carbons (Fsp3) is 0.760. The van der Waals surface area contributed by atoms with Crippen molar-refractivity contribution < 1.29 is 80.2 Å². The highest BCUT2D eigenvalue weighted by Gasteiger charge is 2.30. The van der Waals surface area contributed by atoms with Crippen LogP contribution in [-0.2, 0) is 65.4 Å². The van der Waals surface area contributed by atoms with Crippen molar-refractivity contribution in [2.75, 3.05) is 39.6 Å². The number of rotatable bonds is 69. The van der Waals surface area contributed by atoms with Gasteiger partial charge in [0.2, 0.25) is 0 Å². The van der Waals surface area contributed by atoms with E-state index in [0.717, 1.165) is 193 Å². The van der Waals surface area contributed by atoms with Gasteiger partial charge in [-0.05, 0) is 128 Å². The zero-order chi connectivity index (χ0) is 69.0. The van der Waals surface area contributed by atoms with Gasteiger partial charge in [-0.15, -0.1) is 0 Å². The maximum Gasteiger partial charge on any atom is 0.472 e. The zero-order valence-electron chi connectivity index (χ0n) is 59.1. The number of hydrogen-bond donors (Lipinski definition) is 3. The smallest absolute Gasteiger partial charge is 0.462 e. The Kier molecular flexibility index (Phi) is 65.1. The van der Waals surface area contributed by atoms with Crippen LogP contribution < -0.4 is 0 Å². The Morgan fingerprint density at radius 1 is 0.309 bits per heavy atom. The van der Waals surface area contributed by atoms with Crippen LogP contribution in [-0.4, -0.2) is 96.7 Å².